The minimum atomic E-state index is -3.40. The van der Waals surface area contributed by atoms with Crippen molar-refractivity contribution < 1.29 is 13.2 Å². The van der Waals surface area contributed by atoms with Gasteiger partial charge in [0.2, 0.25) is 15.9 Å². The summed E-state index contributed by atoms with van der Waals surface area (Å²) in [5.74, 6) is -0.288. The number of aryl methyl sites for hydroxylation is 1. The monoisotopic (exact) mass is 395 g/mol. The Bertz CT molecular complexity index is 880. The van der Waals surface area contributed by atoms with Crippen molar-refractivity contribution in [2.75, 3.05) is 18.1 Å². The van der Waals surface area contributed by atoms with Crippen LogP contribution in [0.3, 0.4) is 0 Å². The summed E-state index contributed by atoms with van der Waals surface area (Å²) in [7, 11) is -1.53. The Morgan fingerprint density at radius 3 is 2.62 bits per heavy atom. The number of anilines is 1. The maximum absolute atomic E-state index is 12.6. The zero-order valence-corrected chi connectivity index (χ0v) is 16.3. The summed E-state index contributed by atoms with van der Waals surface area (Å²) in [6.07, 6.45) is 4.95. The third-order valence-corrected chi connectivity index (χ3v) is 6.53. The van der Waals surface area contributed by atoms with E-state index < -0.39 is 16.1 Å². The molecule has 0 aliphatic carbocycles. The van der Waals surface area contributed by atoms with Gasteiger partial charge in [0.15, 0.2) is 5.16 Å². The summed E-state index contributed by atoms with van der Waals surface area (Å²) in [4.78, 5) is 13.5. The van der Waals surface area contributed by atoms with Crippen LogP contribution in [0.15, 0.2) is 40.6 Å². The van der Waals surface area contributed by atoms with Gasteiger partial charge in [-0.25, -0.2) is 8.42 Å². The molecule has 1 aliphatic rings. The van der Waals surface area contributed by atoms with E-state index in [4.69, 9.17) is 0 Å². The highest BCUT2D eigenvalue weighted by Crippen LogP contribution is 2.27. The lowest BCUT2D eigenvalue weighted by Gasteiger charge is -2.32. The smallest absolute Gasteiger partial charge is 0.242 e. The number of rotatable bonds is 5. The van der Waals surface area contributed by atoms with Crippen LogP contribution in [0.25, 0.3) is 0 Å². The molecule has 0 spiro atoms. The summed E-state index contributed by atoms with van der Waals surface area (Å²) < 4.78 is 26.9. The number of piperidine rings is 1. The molecule has 10 heteroatoms. The molecule has 1 aromatic heterocycles. The Balaban J connectivity index is 1.66. The number of hydrogen-bond acceptors (Lipinski definition) is 6. The van der Waals surface area contributed by atoms with Crippen LogP contribution in [0, 0.1) is 0 Å². The molecule has 2 heterocycles. The second-order valence-corrected chi connectivity index (χ2v) is 9.20. The fraction of sp³-hybridized carbons (Fsp3) is 0.438. The van der Waals surface area contributed by atoms with Gasteiger partial charge in [-0.15, -0.1) is 10.2 Å². The van der Waals surface area contributed by atoms with Crippen molar-refractivity contribution in [1.82, 2.24) is 19.1 Å². The summed E-state index contributed by atoms with van der Waals surface area (Å²) >= 11 is 1.47. The molecule has 3 rings (SSSR count). The second-order valence-electron chi connectivity index (χ2n) is 6.23. The first-order chi connectivity index (χ1) is 12.3. The fourth-order valence-electron chi connectivity index (χ4n) is 2.87. The summed E-state index contributed by atoms with van der Waals surface area (Å²) in [6.45, 7) is 0.393. The number of nitrogens with zero attached hydrogens (tertiary/aromatic N) is 4. The molecule has 1 atom stereocenters. The number of nitrogens with one attached hydrogen (secondary N) is 1. The van der Waals surface area contributed by atoms with E-state index in [-0.39, 0.29) is 5.91 Å². The highest BCUT2D eigenvalue weighted by atomic mass is 32.2. The third-order valence-electron chi connectivity index (χ3n) is 4.18. The van der Waals surface area contributed by atoms with E-state index >= 15 is 0 Å². The lowest BCUT2D eigenvalue weighted by Crippen LogP contribution is -2.49. The van der Waals surface area contributed by atoms with Crippen LogP contribution in [0.2, 0.25) is 0 Å². The molecular weight excluding hydrogens is 374 g/mol. The van der Waals surface area contributed by atoms with Gasteiger partial charge in [0.25, 0.3) is 0 Å². The first kappa shape index (κ1) is 18.9. The van der Waals surface area contributed by atoms with Crippen LogP contribution in [0.1, 0.15) is 19.3 Å². The number of hydrogen-bond donors (Lipinski definition) is 1. The highest BCUT2D eigenvalue weighted by molar-refractivity contribution is 7.99. The average molecular weight is 396 g/mol. The SMILES string of the molecule is Cn1cnnc1Sc1ccc(NC(=O)C2CCCCN2S(C)(=O)=O)cc1. The van der Waals surface area contributed by atoms with Gasteiger partial charge in [-0.05, 0) is 48.9 Å². The number of aromatic nitrogens is 3. The molecule has 8 nitrogen and oxygen atoms in total. The second kappa shape index (κ2) is 7.77. The predicted octanol–water partition coefficient (Wildman–Crippen LogP) is 1.72. The zero-order chi connectivity index (χ0) is 18.7. The van der Waals surface area contributed by atoms with Gasteiger partial charge in [0.1, 0.15) is 12.4 Å². The van der Waals surface area contributed by atoms with Crippen molar-refractivity contribution >= 4 is 33.4 Å². The van der Waals surface area contributed by atoms with E-state index in [0.717, 1.165) is 29.1 Å². The third kappa shape index (κ3) is 4.43. The quantitative estimate of drug-likeness (QED) is 0.828. The molecule has 0 radical (unpaired) electrons. The van der Waals surface area contributed by atoms with Crippen LogP contribution in [-0.2, 0) is 21.9 Å². The fourth-order valence-corrected chi connectivity index (χ4v) is 4.75. The van der Waals surface area contributed by atoms with Crippen molar-refractivity contribution in [3.63, 3.8) is 0 Å². The number of sulfonamides is 1. The number of carbonyl (C=O) groups excluding carboxylic acids is 1. The van der Waals surface area contributed by atoms with Crippen LogP contribution in [0.4, 0.5) is 5.69 Å². The predicted molar refractivity (Wildman–Crippen MR) is 99.4 cm³/mol. The van der Waals surface area contributed by atoms with E-state index in [9.17, 15) is 13.2 Å². The molecule has 0 bridgehead atoms. The lowest BCUT2D eigenvalue weighted by molar-refractivity contribution is -0.120. The van der Waals surface area contributed by atoms with Gasteiger partial charge in [-0.3, -0.25) is 4.79 Å². The highest BCUT2D eigenvalue weighted by Gasteiger charge is 2.34. The van der Waals surface area contributed by atoms with E-state index in [1.165, 1.54) is 16.1 Å². The summed E-state index contributed by atoms with van der Waals surface area (Å²) in [5, 5.41) is 11.4. The van der Waals surface area contributed by atoms with E-state index in [2.05, 4.69) is 15.5 Å². The van der Waals surface area contributed by atoms with Crippen LogP contribution < -0.4 is 5.32 Å². The van der Waals surface area contributed by atoms with Crippen LogP contribution in [-0.4, -0.2) is 52.2 Å². The number of benzene rings is 1. The summed E-state index contributed by atoms with van der Waals surface area (Å²) in [5.41, 5.74) is 0.635. The van der Waals surface area contributed by atoms with E-state index in [1.807, 2.05) is 23.7 Å². The largest absolute Gasteiger partial charge is 0.325 e. The normalized spacial score (nSPS) is 18.6. The van der Waals surface area contributed by atoms with Gasteiger partial charge in [0.05, 0.1) is 6.26 Å². The standard InChI is InChI=1S/C16H21N5O3S2/c1-20-11-17-19-16(20)25-13-8-6-12(7-9-13)18-15(22)14-5-3-4-10-21(14)26(2,23)24/h6-9,11,14H,3-5,10H2,1-2H3,(H,18,22). The van der Waals surface area contributed by atoms with Gasteiger partial charge >= 0.3 is 0 Å². The molecule has 1 N–H and O–H groups in total. The molecule has 1 amide bonds. The van der Waals surface area contributed by atoms with Crippen molar-refractivity contribution in [3.05, 3.63) is 30.6 Å². The topological polar surface area (TPSA) is 97.2 Å². The first-order valence-corrected chi connectivity index (χ1v) is 10.9. The minimum Gasteiger partial charge on any atom is -0.325 e. The molecule has 1 fully saturated rings. The van der Waals surface area contributed by atoms with Gasteiger partial charge < -0.3 is 9.88 Å². The van der Waals surface area contributed by atoms with Crippen LogP contribution in [0.5, 0.6) is 0 Å². The van der Waals surface area contributed by atoms with Gasteiger partial charge in [0, 0.05) is 24.2 Å². The molecule has 1 unspecified atom stereocenters. The Morgan fingerprint density at radius 2 is 2.00 bits per heavy atom. The Labute approximate surface area is 157 Å². The maximum Gasteiger partial charge on any atom is 0.242 e. The van der Waals surface area contributed by atoms with Crippen molar-refractivity contribution in [2.24, 2.45) is 7.05 Å². The molecule has 26 heavy (non-hydrogen) atoms. The van der Waals surface area contributed by atoms with Gasteiger partial charge in [-0.1, -0.05) is 6.42 Å². The summed E-state index contributed by atoms with van der Waals surface area (Å²) in [6, 6.07) is 6.70. The molecule has 1 aromatic carbocycles. The maximum atomic E-state index is 12.6. The Hall–Kier alpha value is -1.91. The first-order valence-electron chi connectivity index (χ1n) is 8.24. The molecule has 2 aromatic rings. The number of carbonyl (C=O) groups is 1. The lowest BCUT2D eigenvalue weighted by atomic mass is 10.0. The molecular formula is C16H21N5O3S2. The van der Waals surface area contributed by atoms with Crippen molar-refractivity contribution in [1.29, 1.82) is 0 Å². The zero-order valence-electron chi connectivity index (χ0n) is 14.6. The number of amides is 1. The molecule has 140 valence electrons. The van der Waals surface area contributed by atoms with E-state index in [0.29, 0.717) is 18.7 Å². The average Bonchev–Trinajstić information content (AvgIpc) is 3.01. The Kier molecular flexibility index (Phi) is 5.64. The molecule has 0 saturated carbocycles. The molecule has 1 aliphatic heterocycles. The van der Waals surface area contributed by atoms with E-state index in [1.54, 1.807) is 18.5 Å². The minimum absolute atomic E-state index is 0.288. The van der Waals surface area contributed by atoms with Crippen LogP contribution >= 0.6 is 11.8 Å². The molecule has 1 saturated heterocycles. The van der Waals surface area contributed by atoms with Gasteiger partial charge in [-0.2, -0.15) is 4.31 Å². The van der Waals surface area contributed by atoms with Crippen molar-refractivity contribution in [2.45, 2.75) is 35.4 Å². The Morgan fingerprint density at radius 1 is 1.27 bits per heavy atom. The van der Waals surface area contributed by atoms with Crippen molar-refractivity contribution in [3.8, 4) is 0 Å².